The molecule has 0 N–H and O–H groups in total. The van der Waals surface area contributed by atoms with Crippen molar-refractivity contribution in [3.8, 4) is 0 Å². The summed E-state index contributed by atoms with van der Waals surface area (Å²) in [4.78, 5) is 8.30. The third-order valence-corrected chi connectivity index (χ3v) is 16.4. The van der Waals surface area contributed by atoms with Gasteiger partial charge in [-0.25, -0.2) is 0 Å². The normalized spacial score (nSPS) is 27.2. The van der Waals surface area contributed by atoms with Crippen molar-refractivity contribution in [1.29, 1.82) is 0 Å². The van der Waals surface area contributed by atoms with E-state index in [2.05, 4.69) is 178 Å². The molecule has 4 atom stereocenters. The maximum atomic E-state index is 2.92. The van der Waals surface area contributed by atoms with Crippen LogP contribution in [0.4, 0.5) is 39.8 Å². The van der Waals surface area contributed by atoms with Crippen molar-refractivity contribution in [3.63, 3.8) is 0 Å². The SMILES string of the molecule is Cc1cc(C)c2c3c1B1c4ccccc4N(c4ccccc4)c4cc(N5c6ccccc6C6(C)CCc7ccccc7C56C)cc(c41)N3C1(C)CCCCC21C. The van der Waals surface area contributed by atoms with Crippen molar-refractivity contribution in [2.45, 2.75) is 102 Å². The quantitative estimate of drug-likeness (QED) is 0.164. The molecule has 1 fully saturated rings. The minimum atomic E-state index is -0.283. The highest BCUT2D eigenvalue weighted by molar-refractivity contribution is 7.00. The second-order valence-corrected chi connectivity index (χ2v) is 18.8. The Bertz CT molecular complexity index is 2680. The Morgan fingerprint density at radius 3 is 2.04 bits per heavy atom. The first kappa shape index (κ1) is 33.0. The molecule has 4 aliphatic heterocycles. The number of rotatable bonds is 2. The first-order chi connectivity index (χ1) is 27.1. The molecular formula is C52H50BN3. The minimum absolute atomic E-state index is 0.0500. The lowest BCUT2D eigenvalue weighted by molar-refractivity contribution is 0.194. The van der Waals surface area contributed by atoms with Gasteiger partial charge >= 0.3 is 0 Å². The number of benzene rings is 6. The number of hydrogen-bond acceptors (Lipinski definition) is 3. The summed E-state index contributed by atoms with van der Waals surface area (Å²) < 4.78 is 0. The summed E-state index contributed by atoms with van der Waals surface area (Å²) in [5.74, 6) is 0. The maximum Gasteiger partial charge on any atom is 0.252 e. The van der Waals surface area contributed by atoms with Gasteiger partial charge < -0.3 is 14.7 Å². The van der Waals surface area contributed by atoms with Gasteiger partial charge in [0.15, 0.2) is 0 Å². The van der Waals surface area contributed by atoms with Crippen molar-refractivity contribution >= 4 is 62.9 Å². The van der Waals surface area contributed by atoms with E-state index in [4.69, 9.17) is 0 Å². The summed E-state index contributed by atoms with van der Waals surface area (Å²) in [5, 5.41) is 0. The molecule has 4 unspecified atom stereocenters. The first-order valence-electron chi connectivity index (χ1n) is 21.2. The zero-order valence-electron chi connectivity index (χ0n) is 33.7. The predicted molar refractivity (Wildman–Crippen MR) is 236 cm³/mol. The van der Waals surface area contributed by atoms with Gasteiger partial charge in [0.2, 0.25) is 0 Å². The van der Waals surface area contributed by atoms with Gasteiger partial charge in [0.1, 0.15) is 0 Å². The largest absolute Gasteiger partial charge is 0.335 e. The van der Waals surface area contributed by atoms with Crippen LogP contribution >= 0.6 is 0 Å². The van der Waals surface area contributed by atoms with Gasteiger partial charge in [0.25, 0.3) is 6.71 Å². The number of hydrogen-bond donors (Lipinski definition) is 0. The molecular weight excluding hydrogens is 677 g/mol. The Morgan fingerprint density at radius 2 is 1.21 bits per heavy atom. The Hall–Kier alpha value is -5.22. The van der Waals surface area contributed by atoms with Crippen LogP contribution in [0.1, 0.15) is 93.2 Å². The topological polar surface area (TPSA) is 9.72 Å². The van der Waals surface area contributed by atoms with Crippen molar-refractivity contribution in [2.24, 2.45) is 0 Å². The van der Waals surface area contributed by atoms with Gasteiger partial charge in [-0.2, -0.15) is 0 Å². The standard InChI is InChI=1S/C52H50BN3/c1-33-30-34(2)46-48-45(33)50(4)27-16-17-28-51(50,5)56(48)44-32-37(31-43-47(44)53(46)40-23-13-15-25-42(40)54(43)36-19-8-7-9-20-36)55-41-24-14-12-22-39(41)49(3)29-26-35-18-10-11-21-38(35)52(49,55)6/h7-15,18-25,30-32H,16-17,26-29H2,1-6H3. The van der Waals surface area contributed by atoms with Crippen LogP contribution in [-0.2, 0) is 22.8 Å². The molecule has 6 aromatic rings. The number of para-hydroxylation sites is 3. The van der Waals surface area contributed by atoms with E-state index in [9.17, 15) is 0 Å². The molecule has 0 saturated heterocycles. The average molecular weight is 728 g/mol. The van der Waals surface area contributed by atoms with E-state index >= 15 is 0 Å². The van der Waals surface area contributed by atoms with Crippen LogP contribution < -0.4 is 31.1 Å². The number of fused-ring (bicyclic) bond motifs is 12. The van der Waals surface area contributed by atoms with Gasteiger partial charge in [-0.3, -0.25) is 0 Å². The number of nitrogens with zero attached hydrogens (tertiary/aromatic N) is 3. The van der Waals surface area contributed by atoms with E-state index < -0.39 is 0 Å². The van der Waals surface area contributed by atoms with Crippen molar-refractivity contribution in [3.05, 3.63) is 155 Å². The van der Waals surface area contributed by atoms with Crippen LogP contribution in [-0.4, -0.2) is 12.3 Å². The van der Waals surface area contributed by atoms with E-state index in [1.54, 1.807) is 5.56 Å². The maximum absolute atomic E-state index is 2.92. The zero-order chi connectivity index (χ0) is 37.9. The molecule has 4 heteroatoms. The molecule has 56 heavy (non-hydrogen) atoms. The Labute approximate surface area is 333 Å². The lowest BCUT2D eigenvalue weighted by Gasteiger charge is -2.54. The van der Waals surface area contributed by atoms with Crippen LogP contribution in [0, 0.1) is 13.8 Å². The molecule has 6 aromatic carbocycles. The number of anilines is 7. The fourth-order valence-corrected chi connectivity index (χ4v) is 13.6. The third kappa shape index (κ3) is 3.65. The molecule has 0 spiro atoms. The summed E-state index contributed by atoms with van der Waals surface area (Å²) in [6.45, 7) is 15.3. The van der Waals surface area contributed by atoms with Crippen LogP contribution in [0.3, 0.4) is 0 Å². The van der Waals surface area contributed by atoms with E-state index in [-0.39, 0.29) is 28.6 Å². The van der Waals surface area contributed by atoms with Gasteiger partial charge in [-0.15, -0.1) is 0 Å². The Kier molecular flexibility index (Phi) is 6.35. The summed E-state index contributed by atoms with van der Waals surface area (Å²) in [5.41, 5.74) is 22.3. The van der Waals surface area contributed by atoms with Gasteiger partial charge in [0.05, 0.1) is 11.1 Å². The molecule has 12 rings (SSSR count). The van der Waals surface area contributed by atoms with Crippen LogP contribution in [0.25, 0.3) is 0 Å². The monoisotopic (exact) mass is 727 g/mol. The second kappa shape index (κ2) is 10.8. The summed E-state index contributed by atoms with van der Waals surface area (Å²) in [6, 6.07) is 46.9. The number of aryl methyl sites for hydroxylation is 3. The fourth-order valence-electron chi connectivity index (χ4n) is 13.6. The van der Waals surface area contributed by atoms with E-state index in [1.807, 2.05) is 0 Å². The third-order valence-electron chi connectivity index (χ3n) is 16.4. The van der Waals surface area contributed by atoms with Crippen LogP contribution in [0.2, 0.25) is 0 Å². The van der Waals surface area contributed by atoms with E-state index in [0.717, 1.165) is 12.8 Å². The molecule has 6 aliphatic rings. The first-order valence-corrected chi connectivity index (χ1v) is 21.2. The summed E-state index contributed by atoms with van der Waals surface area (Å²) in [6.07, 6.45) is 7.19. The van der Waals surface area contributed by atoms with Crippen molar-refractivity contribution < 1.29 is 0 Å². The molecule has 2 aliphatic carbocycles. The highest BCUT2D eigenvalue weighted by Gasteiger charge is 2.63. The highest BCUT2D eigenvalue weighted by Crippen LogP contribution is 2.66. The lowest BCUT2D eigenvalue weighted by Crippen LogP contribution is -2.65. The van der Waals surface area contributed by atoms with Crippen LogP contribution in [0.15, 0.2) is 121 Å². The van der Waals surface area contributed by atoms with Crippen molar-refractivity contribution in [2.75, 3.05) is 14.7 Å². The lowest BCUT2D eigenvalue weighted by atomic mass is 9.32. The molecule has 1 saturated carbocycles. The highest BCUT2D eigenvalue weighted by atomic mass is 15.3. The zero-order valence-corrected chi connectivity index (χ0v) is 33.7. The Morgan fingerprint density at radius 1 is 0.536 bits per heavy atom. The van der Waals surface area contributed by atoms with Gasteiger partial charge in [-0.1, -0.05) is 117 Å². The fraction of sp³-hybridized carbons (Fsp3) is 0.308. The molecule has 3 nitrogen and oxygen atoms in total. The molecule has 4 heterocycles. The minimum Gasteiger partial charge on any atom is -0.335 e. The molecule has 0 aromatic heterocycles. The second-order valence-electron chi connectivity index (χ2n) is 18.8. The predicted octanol–water partition coefficient (Wildman–Crippen LogP) is 10.9. The summed E-state index contributed by atoms with van der Waals surface area (Å²) in [7, 11) is 0. The van der Waals surface area contributed by atoms with Gasteiger partial charge in [0, 0.05) is 50.6 Å². The Balaban J connectivity index is 1.24. The average Bonchev–Trinajstić information content (AvgIpc) is 3.57. The smallest absolute Gasteiger partial charge is 0.252 e. The molecule has 0 bridgehead atoms. The molecule has 0 amide bonds. The van der Waals surface area contributed by atoms with E-state index in [1.165, 1.54) is 110 Å². The molecule has 276 valence electrons. The van der Waals surface area contributed by atoms with Gasteiger partial charge in [-0.05, 0) is 134 Å². The van der Waals surface area contributed by atoms with Crippen molar-refractivity contribution in [1.82, 2.24) is 0 Å². The van der Waals surface area contributed by atoms with E-state index in [0.29, 0.717) is 0 Å². The molecule has 0 radical (unpaired) electrons. The summed E-state index contributed by atoms with van der Waals surface area (Å²) >= 11 is 0. The van der Waals surface area contributed by atoms with Crippen LogP contribution in [0.5, 0.6) is 0 Å².